The van der Waals surface area contributed by atoms with Crippen molar-refractivity contribution in [2.75, 3.05) is 0 Å². The maximum Gasteiger partial charge on any atom is 0.143 e. The summed E-state index contributed by atoms with van der Waals surface area (Å²) >= 11 is 12.7. The molecule has 1 aromatic rings. The number of rotatable bonds is 7. The van der Waals surface area contributed by atoms with Crippen molar-refractivity contribution < 1.29 is 0 Å². The van der Waals surface area contributed by atoms with Gasteiger partial charge in [0, 0.05) is 0 Å². The molecule has 0 spiro atoms. The number of hydrogen-bond acceptors (Lipinski definition) is 0. The Morgan fingerprint density at radius 2 is 1.56 bits per heavy atom. The molecular formula is C14H20Cl2. The lowest BCUT2D eigenvalue weighted by atomic mass is 10.0. The second kappa shape index (κ2) is 7.19. The first-order chi connectivity index (χ1) is 7.67. The molecule has 0 radical (unpaired) electrons. The Morgan fingerprint density at radius 3 is 2.19 bits per heavy atom. The van der Waals surface area contributed by atoms with Gasteiger partial charge in [-0.05, 0) is 12.0 Å². The molecule has 1 rings (SSSR count). The van der Waals surface area contributed by atoms with Gasteiger partial charge in [0.2, 0.25) is 0 Å². The minimum absolute atomic E-state index is 0.715. The van der Waals surface area contributed by atoms with Crippen molar-refractivity contribution in [2.24, 2.45) is 0 Å². The SMILES string of the molecule is CCCCCCCC(Cl)(Cl)c1ccccc1. The fourth-order valence-corrected chi connectivity index (χ4v) is 2.30. The second-order valence-corrected chi connectivity index (χ2v) is 5.72. The van der Waals surface area contributed by atoms with E-state index in [0.717, 1.165) is 18.4 Å². The van der Waals surface area contributed by atoms with E-state index in [1.807, 2.05) is 30.3 Å². The van der Waals surface area contributed by atoms with Crippen LogP contribution >= 0.6 is 23.2 Å². The van der Waals surface area contributed by atoms with E-state index in [2.05, 4.69) is 6.92 Å². The van der Waals surface area contributed by atoms with Crippen LogP contribution in [0.4, 0.5) is 0 Å². The number of alkyl halides is 2. The maximum atomic E-state index is 6.34. The van der Waals surface area contributed by atoms with Crippen LogP contribution in [-0.4, -0.2) is 0 Å². The third-order valence-corrected chi connectivity index (χ3v) is 3.60. The number of benzene rings is 1. The van der Waals surface area contributed by atoms with Gasteiger partial charge in [0.1, 0.15) is 4.33 Å². The van der Waals surface area contributed by atoms with E-state index in [-0.39, 0.29) is 0 Å². The first-order valence-corrected chi connectivity index (χ1v) is 6.86. The fraction of sp³-hybridized carbons (Fsp3) is 0.571. The third kappa shape index (κ3) is 4.76. The molecule has 0 bridgehead atoms. The molecule has 0 nitrogen and oxygen atoms in total. The fourth-order valence-electron chi connectivity index (χ4n) is 1.78. The van der Waals surface area contributed by atoms with Crippen LogP contribution < -0.4 is 0 Å². The Morgan fingerprint density at radius 1 is 0.938 bits per heavy atom. The zero-order chi connectivity index (χ0) is 11.9. The average Bonchev–Trinajstić information content (AvgIpc) is 2.30. The standard InChI is InChI=1S/C14H20Cl2/c1-2-3-4-5-9-12-14(15,16)13-10-7-6-8-11-13/h6-8,10-11H,2-5,9,12H2,1H3. The Bertz CT molecular complexity index is 280. The average molecular weight is 259 g/mol. The van der Waals surface area contributed by atoms with Gasteiger partial charge in [-0.25, -0.2) is 0 Å². The van der Waals surface area contributed by atoms with E-state index >= 15 is 0 Å². The van der Waals surface area contributed by atoms with Crippen molar-refractivity contribution in [1.29, 1.82) is 0 Å². The van der Waals surface area contributed by atoms with Gasteiger partial charge in [0.25, 0.3) is 0 Å². The summed E-state index contributed by atoms with van der Waals surface area (Å²) in [6.45, 7) is 2.22. The Labute approximate surface area is 109 Å². The highest BCUT2D eigenvalue weighted by Gasteiger charge is 2.25. The predicted octanol–water partition coefficient (Wildman–Crippen LogP) is 5.68. The largest absolute Gasteiger partial charge is 0.143 e. The van der Waals surface area contributed by atoms with Gasteiger partial charge in [-0.3, -0.25) is 0 Å². The first-order valence-electron chi connectivity index (χ1n) is 6.10. The molecule has 0 N–H and O–H groups in total. The highest BCUT2D eigenvalue weighted by molar-refractivity contribution is 6.47. The van der Waals surface area contributed by atoms with Gasteiger partial charge in [-0.15, -0.1) is 0 Å². The maximum absolute atomic E-state index is 6.34. The van der Waals surface area contributed by atoms with E-state index in [4.69, 9.17) is 23.2 Å². The molecule has 0 unspecified atom stereocenters. The van der Waals surface area contributed by atoms with Gasteiger partial charge in [-0.1, -0.05) is 92.6 Å². The molecule has 0 saturated heterocycles. The van der Waals surface area contributed by atoms with Crippen LogP contribution in [0.2, 0.25) is 0 Å². The number of unbranched alkanes of at least 4 members (excludes halogenated alkanes) is 4. The molecule has 0 aromatic heterocycles. The zero-order valence-electron chi connectivity index (χ0n) is 9.89. The second-order valence-electron chi connectivity index (χ2n) is 4.23. The van der Waals surface area contributed by atoms with Crippen molar-refractivity contribution in [3.05, 3.63) is 35.9 Å². The van der Waals surface area contributed by atoms with Gasteiger partial charge in [0.05, 0.1) is 0 Å². The van der Waals surface area contributed by atoms with Gasteiger partial charge >= 0.3 is 0 Å². The highest BCUT2D eigenvalue weighted by Crippen LogP contribution is 2.38. The Balaban J connectivity index is 2.35. The molecule has 1 aromatic carbocycles. The smallest absolute Gasteiger partial charge is 0.0963 e. The van der Waals surface area contributed by atoms with Crippen molar-refractivity contribution in [3.63, 3.8) is 0 Å². The van der Waals surface area contributed by atoms with Gasteiger partial charge in [-0.2, -0.15) is 0 Å². The molecule has 0 aliphatic carbocycles. The molecule has 16 heavy (non-hydrogen) atoms. The van der Waals surface area contributed by atoms with Crippen LogP contribution in [0.5, 0.6) is 0 Å². The van der Waals surface area contributed by atoms with Gasteiger partial charge < -0.3 is 0 Å². The monoisotopic (exact) mass is 258 g/mol. The van der Waals surface area contributed by atoms with Crippen LogP contribution in [0.15, 0.2) is 30.3 Å². The normalized spacial score (nSPS) is 11.7. The zero-order valence-corrected chi connectivity index (χ0v) is 11.4. The predicted molar refractivity (Wildman–Crippen MR) is 73.2 cm³/mol. The van der Waals surface area contributed by atoms with E-state index in [0.29, 0.717) is 0 Å². The van der Waals surface area contributed by atoms with Crippen LogP contribution in [-0.2, 0) is 4.33 Å². The van der Waals surface area contributed by atoms with E-state index < -0.39 is 4.33 Å². The van der Waals surface area contributed by atoms with Crippen molar-refractivity contribution in [2.45, 2.75) is 49.8 Å². The molecule has 90 valence electrons. The topological polar surface area (TPSA) is 0 Å². The van der Waals surface area contributed by atoms with E-state index in [9.17, 15) is 0 Å². The molecule has 0 aliphatic rings. The van der Waals surface area contributed by atoms with Crippen molar-refractivity contribution >= 4 is 23.2 Å². The third-order valence-electron chi connectivity index (χ3n) is 2.79. The molecule has 0 amide bonds. The molecule has 0 saturated carbocycles. The van der Waals surface area contributed by atoms with E-state index in [1.54, 1.807) is 0 Å². The molecular weight excluding hydrogens is 239 g/mol. The molecule has 0 fully saturated rings. The summed E-state index contributed by atoms with van der Waals surface area (Å²) < 4.78 is -0.715. The molecule has 2 heteroatoms. The van der Waals surface area contributed by atoms with Crippen LogP contribution in [0.25, 0.3) is 0 Å². The summed E-state index contributed by atoms with van der Waals surface area (Å²) in [5, 5.41) is 0. The molecule has 0 atom stereocenters. The lowest BCUT2D eigenvalue weighted by molar-refractivity contribution is 0.584. The summed E-state index contributed by atoms with van der Waals surface area (Å²) in [5.74, 6) is 0. The van der Waals surface area contributed by atoms with Crippen molar-refractivity contribution in [3.8, 4) is 0 Å². The highest BCUT2D eigenvalue weighted by atomic mass is 35.5. The molecule has 0 heterocycles. The quantitative estimate of drug-likeness (QED) is 0.436. The summed E-state index contributed by atoms with van der Waals surface area (Å²) in [5.41, 5.74) is 1.01. The van der Waals surface area contributed by atoms with Crippen LogP contribution in [0.1, 0.15) is 51.0 Å². The summed E-state index contributed by atoms with van der Waals surface area (Å²) in [4.78, 5) is 0. The van der Waals surface area contributed by atoms with Crippen molar-refractivity contribution in [1.82, 2.24) is 0 Å². The van der Waals surface area contributed by atoms with E-state index in [1.165, 1.54) is 25.7 Å². The van der Waals surface area contributed by atoms with Crippen LogP contribution in [0.3, 0.4) is 0 Å². The summed E-state index contributed by atoms with van der Waals surface area (Å²) in [6.07, 6.45) is 7.03. The summed E-state index contributed by atoms with van der Waals surface area (Å²) in [7, 11) is 0. The minimum Gasteiger partial charge on any atom is -0.0963 e. The summed E-state index contributed by atoms with van der Waals surface area (Å²) in [6, 6.07) is 9.92. The first kappa shape index (κ1) is 13.9. The number of hydrogen-bond donors (Lipinski definition) is 0. The lowest BCUT2D eigenvalue weighted by Gasteiger charge is -2.19. The Hall–Kier alpha value is -0.200. The Kier molecular flexibility index (Phi) is 6.23. The van der Waals surface area contributed by atoms with Crippen LogP contribution in [0, 0.1) is 0 Å². The molecule has 0 aliphatic heterocycles. The number of halogens is 2. The lowest BCUT2D eigenvalue weighted by Crippen LogP contribution is -2.09. The minimum atomic E-state index is -0.715. The van der Waals surface area contributed by atoms with Gasteiger partial charge in [0.15, 0.2) is 0 Å².